The Hall–Kier alpha value is -3.60. The highest BCUT2D eigenvalue weighted by Crippen LogP contribution is 2.33. The first-order chi connectivity index (χ1) is 15.1. The van der Waals surface area contributed by atoms with Crippen molar-refractivity contribution in [3.05, 3.63) is 94.4 Å². The molecule has 3 aromatic carbocycles. The van der Waals surface area contributed by atoms with Crippen LogP contribution >= 0.6 is 0 Å². The van der Waals surface area contributed by atoms with Crippen molar-refractivity contribution in [2.24, 2.45) is 0 Å². The first-order valence-corrected chi connectivity index (χ1v) is 10.6. The molecule has 1 unspecified atom stereocenters. The van der Waals surface area contributed by atoms with Crippen molar-refractivity contribution in [1.29, 1.82) is 0 Å². The van der Waals surface area contributed by atoms with Gasteiger partial charge in [-0.1, -0.05) is 53.7 Å². The molecule has 156 valence electrons. The van der Waals surface area contributed by atoms with Gasteiger partial charge in [0.1, 0.15) is 18.1 Å². The zero-order valence-electron chi connectivity index (χ0n) is 17.6. The van der Waals surface area contributed by atoms with E-state index < -0.39 is 0 Å². The molecule has 1 atom stereocenters. The van der Waals surface area contributed by atoms with E-state index in [4.69, 9.17) is 9.26 Å². The normalized spacial score (nSPS) is 15.1. The summed E-state index contributed by atoms with van der Waals surface area (Å²) in [5, 5.41) is 9.24. The summed E-state index contributed by atoms with van der Waals surface area (Å²) < 4.78 is 11.4. The number of hydrogen-bond donors (Lipinski definition) is 1. The average molecular weight is 412 g/mol. The van der Waals surface area contributed by atoms with Crippen LogP contribution in [0.1, 0.15) is 51.0 Å². The van der Waals surface area contributed by atoms with Gasteiger partial charge in [0, 0.05) is 0 Å². The van der Waals surface area contributed by atoms with Gasteiger partial charge in [-0.15, -0.1) is 0 Å². The number of aromatic nitrogens is 1. The molecule has 1 aromatic heterocycles. The van der Waals surface area contributed by atoms with Crippen molar-refractivity contribution < 1.29 is 14.1 Å². The standard InChI is InChI=1S/C26H24N2O3/c1-16-23(17(2)31-28-16)15-30-25-14-20-9-4-3-8-19(20)13-22(25)26(29)27-24-12-11-18-7-5-6-10-21(18)24/h3-10,13-14,24H,11-12,15H2,1-2H3,(H,27,29). The van der Waals surface area contributed by atoms with Crippen molar-refractivity contribution in [2.75, 3.05) is 0 Å². The second-order valence-electron chi connectivity index (χ2n) is 8.05. The van der Waals surface area contributed by atoms with Gasteiger partial charge in [0.2, 0.25) is 0 Å². The zero-order chi connectivity index (χ0) is 21.4. The maximum absolute atomic E-state index is 13.3. The van der Waals surface area contributed by atoms with Gasteiger partial charge >= 0.3 is 0 Å². The Morgan fingerprint density at radius 2 is 1.84 bits per heavy atom. The molecule has 0 saturated carbocycles. The van der Waals surface area contributed by atoms with Crippen LogP contribution in [0.25, 0.3) is 10.8 Å². The summed E-state index contributed by atoms with van der Waals surface area (Å²) in [5.41, 5.74) is 4.75. The van der Waals surface area contributed by atoms with Crippen LogP contribution in [-0.2, 0) is 13.0 Å². The minimum absolute atomic E-state index is 0.0191. The minimum Gasteiger partial charge on any atom is -0.488 e. The van der Waals surface area contributed by atoms with Crippen molar-refractivity contribution in [1.82, 2.24) is 10.5 Å². The lowest BCUT2D eigenvalue weighted by atomic mass is 10.0. The highest BCUT2D eigenvalue weighted by atomic mass is 16.5. The Morgan fingerprint density at radius 1 is 1.10 bits per heavy atom. The maximum atomic E-state index is 13.3. The van der Waals surface area contributed by atoms with Crippen molar-refractivity contribution in [3.63, 3.8) is 0 Å². The van der Waals surface area contributed by atoms with Gasteiger partial charge in [-0.3, -0.25) is 4.79 Å². The maximum Gasteiger partial charge on any atom is 0.255 e. The number of nitrogens with one attached hydrogen (secondary N) is 1. The van der Waals surface area contributed by atoms with E-state index in [1.165, 1.54) is 11.1 Å². The lowest BCUT2D eigenvalue weighted by Gasteiger charge is -2.17. The average Bonchev–Trinajstić information content (AvgIpc) is 3.34. The molecule has 1 aliphatic rings. The number of hydrogen-bond acceptors (Lipinski definition) is 4. The second kappa shape index (κ2) is 7.91. The molecule has 0 radical (unpaired) electrons. The third kappa shape index (κ3) is 3.67. The summed E-state index contributed by atoms with van der Waals surface area (Å²) in [6, 6.07) is 20.2. The molecule has 0 spiro atoms. The molecule has 5 rings (SSSR count). The smallest absolute Gasteiger partial charge is 0.255 e. The summed E-state index contributed by atoms with van der Waals surface area (Å²) in [4.78, 5) is 13.3. The molecule has 0 saturated heterocycles. The minimum atomic E-state index is -0.124. The summed E-state index contributed by atoms with van der Waals surface area (Å²) in [6.45, 7) is 4.05. The number of amides is 1. The van der Waals surface area contributed by atoms with Crippen LogP contribution in [0.15, 0.2) is 65.2 Å². The van der Waals surface area contributed by atoms with E-state index >= 15 is 0 Å². The van der Waals surface area contributed by atoms with Crippen molar-refractivity contribution in [2.45, 2.75) is 39.3 Å². The Bertz CT molecular complexity index is 1260. The predicted octanol–water partition coefficient (Wildman–Crippen LogP) is 5.44. The number of rotatable bonds is 5. The fourth-order valence-corrected chi connectivity index (χ4v) is 4.32. The summed E-state index contributed by atoms with van der Waals surface area (Å²) in [7, 11) is 0. The lowest BCUT2D eigenvalue weighted by Crippen LogP contribution is -2.27. The molecule has 1 amide bonds. The highest BCUT2D eigenvalue weighted by molar-refractivity contribution is 6.01. The lowest BCUT2D eigenvalue weighted by molar-refractivity contribution is 0.0932. The zero-order valence-corrected chi connectivity index (χ0v) is 17.6. The van der Waals surface area contributed by atoms with E-state index in [9.17, 15) is 4.79 Å². The number of ether oxygens (including phenoxy) is 1. The quantitative estimate of drug-likeness (QED) is 0.474. The third-order valence-corrected chi connectivity index (χ3v) is 6.08. The first-order valence-electron chi connectivity index (χ1n) is 10.6. The van der Waals surface area contributed by atoms with E-state index in [0.717, 1.165) is 40.6 Å². The van der Waals surface area contributed by atoms with Crippen LogP contribution < -0.4 is 10.1 Å². The van der Waals surface area contributed by atoms with Gasteiger partial charge in [0.15, 0.2) is 0 Å². The number of fused-ring (bicyclic) bond motifs is 2. The SMILES string of the molecule is Cc1noc(C)c1COc1cc2ccccc2cc1C(=O)NC1CCc2ccccc21. The van der Waals surface area contributed by atoms with E-state index in [-0.39, 0.29) is 11.9 Å². The predicted molar refractivity (Wildman–Crippen MR) is 119 cm³/mol. The van der Waals surface area contributed by atoms with Crippen LogP contribution in [0.4, 0.5) is 0 Å². The van der Waals surface area contributed by atoms with Crippen molar-refractivity contribution in [3.8, 4) is 5.75 Å². The molecule has 0 bridgehead atoms. The molecule has 4 aromatic rings. The fourth-order valence-electron chi connectivity index (χ4n) is 4.32. The van der Waals surface area contributed by atoms with E-state index in [2.05, 4.69) is 22.6 Å². The number of carbonyl (C=O) groups excluding carboxylic acids is 1. The Kier molecular flexibility index (Phi) is 4.94. The largest absolute Gasteiger partial charge is 0.488 e. The van der Waals surface area contributed by atoms with Gasteiger partial charge in [-0.2, -0.15) is 0 Å². The Balaban J connectivity index is 1.46. The van der Waals surface area contributed by atoms with E-state index in [1.807, 2.05) is 62.4 Å². The number of aryl methyl sites for hydroxylation is 3. The van der Waals surface area contributed by atoms with Crippen LogP contribution in [-0.4, -0.2) is 11.1 Å². The molecule has 5 heteroatoms. The number of nitrogens with zero attached hydrogens (tertiary/aromatic N) is 1. The van der Waals surface area contributed by atoms with Gasteiger partial charge in [-0.25, -0.2) is 0 Å². The van der Waals surface area contributed by atoms with E-state index in [0.29, 0.717) is 17.9 Å². The molecule has 31 heavy (non-hydrogen) atoms. The monoisotopic (exact) mass is 412 g/mol. The number of benzene rings is 3. The molecular formula is C26H24N2O3. The number of carbonyl (C=O) groups is 1. The van der Waals surface area contributed by atoms with Crippen LogP contribution in [0.5, 0.6) is 5.75 Å². The third-order valence-electron chi connectivity index (χ3n) is 6.08. The fraction of sp³-hybridized carbons (Fsp3) is 0.231. The molecule has 1 N–H and O–H groups in total. The van der Waals surface area contributed by atoms with Crippen LogP contribution in [0.3, 0.4) is 0 Å². The summed E-state index contributed by atoms with van der Waals surface area (Å²) in [6.07, 6.45) is 1.89. The molecule has 5 nitrogen and oxygen atoms in total. The summed E-state index contributed by atoms with van der Waals surface area (Å²) in [5.74, 6) is 1.16. The molecule has 1 aliphatic carbocycles. The Labute approximate surface area is 181 Å². The first kappa shape index (κ1) is 19.4. The van der Waals surface area contributed by atoms with Gasteiger partial charge in [0.25, 0.3) is 5.91 Å². The highest BCUT2D eigenvalue weighted by Gasteiger charge is 2.25. The van der Waals surface area contributed by atoms with Crippen molar-refractivity contribution >= 4 is 16.7 Å². The van der Waals surface area contributed by atoms with Gasteiger partial charge in [0.05, 0.1) is 22.9 Å². The Morgan fingerprint density at radius 3 is 2.61 bits per heavy atom. The molecule has 0 aliphatic heterocycles. The second-order valence-corrected chi connectivity index (χ2v) is 8.05. The molecule has 1 heterocycles. The molecular weight excluding hydrogens is 388 g/mol. The summed E-state index contributed by atoms with van der Waals surface area (Å²) >= 11 is 0. The molecule has 0 fully saturated rings. The van der Waals surface area contributed by atoms with Gasteiger partial charge < -0.3 is 14.6 Å². The van der Waals surface area contributed by atoms with Crippen LogP contribution in [0.2, 0.25) is 0 Å². The topological polar surface area (TPSA) is 64.4 Å². The van der Waals surface area contributed by atoms with Gasteiger partial charge in [-0.05, 0) is 60.7 Å². The van der Waals surface area contributed by atoms with Crippen LogP contribution in [0, 0.1) is 13.8 Å². The van der Waals surface area contributed by atoms with E-state index in [1.54, 1.807) is 0 Å².